The fraction of sp³-hybridized carbons (Fsp3) is 0.353. The molecule has 1 aromatic carbocycles. The molecule has 1 aromatic heterocycles. The molecule has 2 aromatic rings. The van der Waals surface area contributed by atoms with E-state index in [0.29, 0.717) is 18.8 Å². The Bertz CT molecular complexity index is 582. The van der Waals surface area contributed by atoms with E-state index in [9.17, 15) is 5.11 Å². The van der Waals surface area contributed by atoms with Crippen molar-refractivity contribution >= 4 is 0 Å². The summed E-state index contributed by atoms with van der Waals surface area (Å²) in [6, 6.07) is 9.84. The molecule has 0 spiro atoms. The Balaban J connectivity index is 1.94. The SMILES string of the molecule is COc1ccc(C)cc1C(O)CNCc1ccc(C)nc1. The zero-order chi connectivity index (χ0) is 15.2. The number of methoxy groups -OCH3 is 1. The smallest absolute Gasteiger partial charge is 0.124 e. The first-order valence-electron chi connectivity index (χ1n) is 7.05. The van der Waals surface area contributed by atoms with Crippen molar-refractivity contribution < 1.29 is 9.84 Å². The summed E-state index contributed by atoms with van der Waals surface area (Å²) in [5.74, 6) is 0.715. The maximum Gasteiger partial charge on any atom is 0.124 e. The highest BCUT2D eigenvalue weighted by atomic mass is 16.5. The van der Waals surface area contributed by atoms with Gasteiger partial charge in [0.05, 0.1) is 13.2 Å². The van der Waals surface area contributed by atoms with E-state index in [1.54, 1.807) is 7.11 Å². The van der Waals surface area contributed by atoms with Gasteiger partial charge in [-0.15, -0.1) is 0 Å². The molecule has 0 aliphatic rings. The Morgan fingerprint density at radius 1 is 1.24 bits per heavy atom. The maximum atomic E-state index is 10.3. The standard InChI is InChI=1S/C17H22N2O2/c1-12-4-7-17(21-3)15(8-12)16(20)11-18-9-14-6-5-13(2)19-10-14/h4-8,10,16,18,20H,9,11H2,1-3H3. The lowest BCUT2D eigenvalue weighted by atomic mass is 10.1. The molecular weight excluding hydrogens is 264 g/mol. The van der Waals surface area contributed by atoms with Crippen molar-refractivity contribution in [2.75, 3.05) is 13.7 Å². The lowest BCUT2D eigenvalue weighted by Gasteiger charge is -2.16. The van der Waals surface area contributed by atoms with Crippen LogP contribution >= 0.6 is 0 Å². The number of aliphatic hydroxyl groups excluding tert-OH is 1. The molecule has 1 heterocycles. The Kier molecular flexibility index (Phi) is 5.31. The third-order valence-electron chi connectivity index (χ3n) is 3.38. The van der Waals surface area contributed by atoms with Crippen molar-refractivity contribution in [1.29, 1.82) is 0 Å². The number of pyridine rings is 1. The molecule has 0 bridgehead atoms. The number of aromatic nitrogens is 1. The Morgan fingerprint density at radius 3 is 2.71 bits per heavy atom. The van der Waals surface area contributed by atoms with Crippen LogP contribution in [0.3, 0.4) is 0 Å². The van der Waals surface area contributed by atoms with Crippen LogP contribution in [-0.2, 0) is 6.54 Å². The summed E-state index contributed by atoms with van der Waals surface area (Å²) in [5.41, 5.74) is 4.02. The topological polar surface area (TPSA) is 54.4 Å². The number of rotatable bonds is 6. The average molecular weight is 286 g/mol. The fourth-order valence-corrected chi connectivity index (χ4v) is 2.18. The van der Waals surface area contributed by atoms with Crippen LogP contribution in [-0.4, -0.2) is 23.7 Å². The monoisotopic (exact) mass is 286 g/mol. The summed E-state index contributed by atoms with van der Waals surface area (Å²) < 4.78 is 5.30. The Labute approximate surface area is 125 Å². The number of ether oxygens (including phenoxy) is 1. The van der Waals surface area contributed by atoms with E-state index in [2.05, 4.69) is 10.3 Å². The van der Waals surface area contributed by atoms with Crippen molar-refractivity contribution in [3.05, 3.63) is 58.9 Å². The third-order valence-corrected chi connectivity index (χ3v) is 3.38. The average Bonchev–Trinajstić information content (AvgIpc) is 2.49. The number of aliphatic hydroxyl groups is 1. The molecule has 4 heteroatoms. The van der Waals surface area contributed by atoms with Crippen LogP contribution < -0.4 is 10.1 Å². The molecule has 1 atom stereocenters. The minimum atomic E-state index is -0.599. The predicted octanol–water partition coefficient (Wildman–Crippen LogP) is 2.53. The van der Waals surface area contributed by atoms with E-state index in [1.165, 1.54) is 0 Å². The highest BCUT2D eigenvalue weighted by molar-refractivity contribution is 5.38. The molecular formula is C17H22N2O2. The van der Waals surface area contributed by atoms with Crippen LogP contribution in [0.15, 0.2) is 36.5 Å². The number of hydrogen-bond acceptors (Lipinski definition) is 4. The van der Waals surface area contributed by atoms with Crippen molar-refractivity contribution in [3.63, 3.8) is 0 Å². The van der Waals surface area contributed by atoms with E-state index < -0.39 is 6.10 Å². The number of nitrogens with zero attached hydrogens (tertiary/aromatic N) is 1. The highest BCUT2D eigenvalue weighted by Crippen LogP contribution is 2.25. The van der Waals surface area contributed by atoms with Crippen LogP contribution in [0.2, 0.25) is 0 Å². The first-order valence-corrected chi connectivity index (χ1v) is 7.05. The summed E-state index contributed by atoms with van der Waals surface area (Å²) >= 11 is 0. The maximum absolute atomic E-state index is 10.3. The number of benzene rings is 1. The number of nitrogens with one attached hydrogen (secondary N) is 1. The Morgan fingerprint density at radius 2 is 2.05 bits per heavy atom. The van der Waals surface area contributed by atoms with Crippen molar-refractivity contribution in [1.82, 2.24) is 10.3 Å². The van der Waals surface area contributed by atoms with Gasteiger partial charge in [0.15, 0.2) is 0 Å². The normalized spacial score (nSPS) is 12.2. The number of hydrogen-bond donors (Lipinski definition) is 2. The second kappa shape index (κ2) is 7.20. The van der Waals surface area contributed by atoms with Gasteiger partial charge in [0.1, 0.15) is 5.75 Å². The van der Waals surface area contributed by atoms with E-state index in [-0.39, 0.29) is 0 Å². The van der Waals surface area contributed by atoms with Gasteiger partial charge in [-0.05, 0) is 37.6 Å². The van der Waals surface area contributed by atoms with Gasteiger partial charge in [0, 0.05) is 30.5 Å². The zero-order valence-corrected chi connectivity index (χ0v) is 12.8. The van der Waals surface area contributed by atoms with Gasteiger partial charge >= 0.3 is 0 Å². The first-order chi connectivity index (χ1) is 10.1. The summed E-state index contributed by atoms with van der Waals surface area (Å²) in [6.07, 6.45) is 1.25. The van der Waals surface area contributed by atoms with Crippen molar-refractivity contribution in [3.8, 4) is 5.75 Å². The minimum Gasteiger partial charge on any atom is -0.496 e. The van der Waals surface area contributed by atoms with Crippen LogP contribution in [0, 0.1) is 13.8 Å². The molecule has 0 fully saturated rings. The predicted molar refractivity (Wildman–Crippen MR) is 83.4 cm³/mol. The molecule has 0 radical (unpaired) electrons. The van der Waals surface area contributed by atoms with Gasteiger partial charge in [-0.1, -0.05) is 17.7 Å². The van der Waals surface area contributed by atoms with E-state index >= 15 is 0 Å². The summed E-state index contributed by atoms with van der Waals surface area (Å²) in [7, 11) is 1.62. The lowest BCUT2D eigenvalue weighted by molar-refractivity contribution is 0.170. The molecule has 0 saturated carbocycles. The van der Waals surface area contributed by atoms with E-state index in [4.69, 9.17) is 4.74 Å². The largest absolute Gasteiger partial charge is 0.496 e. The molecule has 112 valence electrons. The number of aryl methyl sites for hydroxylation is 2. The highest BCUT2D eigenvalue weighted by Gasteiger charge is 2.13. The molecule has 0 amide bonds. The van der Waals surface area contributed by atoms with E-state index in [0.717, 1.165) is 22.4 Å². The zero-order valence-electron chi connectivity index (χ0n) is 12.8. The molecule has 1 unspecified atom stereocenters. The Hall–Kier alpha value is -1.91. The second-order valence-corrected chi connectivity index (χ2v) is 5.20. The van der Waals surface area contributed by atoms with Gasteiger partial charge < -0.3 is 15.2 Å². The molecule has 21 heavy (non-hydrogen) atoms. The summed E-state index contributed by atoms with van der Waals surface area (Å²) in [4.78, 5) is 4.25. The molecule has 4 nitrogen and oxygen atoms in total. The fourth-order valence-electron chi connectivity index (χ4n) is 2.18. The van der Waals surface area contributed by atoms with Gasteiger partial charge in [0.2, 0.25) is 0 Å². The van der Waals surface area contributed by atoms with Gasteiger partial charge in [0.25, 0.3) is 0 Å². The molecule has 2 rings (SSSR count). The molecule has 0 aliphatic carbocycles. The van der Waals surface area contributed by atoms with Gasteiger partial charge in [-0.2, -0.15) is 0 Å². The minimum absolute atomic E-state index is 0.466. The summed E-state index contributed by atoms with van der Waals surface area (Å²) in [6.45, 7) is 5.11. The summed E-state index contributed by atoms with van der Waals surface area (Å²) in [5, 5.41) is 13.6. The molecule has 0 aliphatic heterocycles. The third kappa shape index (κ3) is 4.28. The van der Waals surface area contributed by atoms with Crippen LogP contribution in [0.1, 0.15) is 28.5 Å². The quantitative estimate of drug-likeness (QED) is 0.857. The molecule has 2 N–H and O–H groups in total. The van der Waals surface area contributed by atoms with Gasteiger partial charge in [-0.25, -0.2) is 0 Å². The van der Waals surface area contributed by atoms with Crippen molar-refractivity contribution in [2.45, 2.75) is 26.5 Å². The van der Waals surface area contributed by atoms with Crippen LogP contribution in [0.25, 0.3) is 0 Å². The first kappa shape index (κ1) is 15.5. The lowest BCUT2D eigenvalue weighted by Crippen LogP contribution is -2.21. The molecule has 0 saturated heterocycles. The van der Waals surface area contributed by atoms with Crippen LogP contribution in [0.5, 0.6) is 5.75 Å². The van der Waals surface area contributed by atoms with Crippen molar-refractivity contribution in [2.24, 2.45) is 0 Å². The van der Waals surface area contributed by atoms with Crippen LogP contribution in [0.4, 0.5) is 0 Å². The van der Waals surface area contributed by atoms with Gasteiger partial charge in [-0.3, -0.25) is 4.98 Å². The van der Waals surface area contributed by atoms with E-state index in [1.807, 2.05) is 50.4 Å². The second-order valence-electron chi connectivity index (χ2n) is 5.20.